The van der Waals surface area contributed by atoms with Crippen LogP contribution in [0.25, 0.3) is 0 Å². The monoisotopic (exact) mass is 303 g/mol. The third kappa shape index (κ3) is 2.78. The molecule has 21 heavy (non-hydrogen) atoms. The molecule has 2 aromatic heterocycles. The topological polar surface area (TPSA) is 30.3 Å². The smallest absolute Gasteiger partial charge is 0.0949 e. The molecule has 2 fully saturated rings. The van der Waals surface area contributed by atoms with E-state index in [2.05, 4.69) is 38.2 Å². The molecule has 0 bridgehead atoms. The molecule has 5 heteroatoms. The molecule has 0 aromatic carbocycles. The van der Waals surface area contributed by atoms with Crippen LogP contribution >= 0.6 is 11.3 Å². The van der Waals surface area contributed by atoms with Gasteiger partial charge in [-0.05, 0) is 30.8 Å². The molecule has 4 nitrogen and oxygen atoms in total. The van der Waals surface area contributed by atoms with Gasteiger partial charge < -0.3 is 9.30 Å². The fraction of sp³-hybridized carbons (Fsp3) is 0.562. The van der Waals surface area contributed by atoms with Gasteiger partial charge in [0.2, 0.25) is 0 Å². The van der Waals surface area contributed by atoms with Crippen LogP contribution in [0.5, 0.6) is 0 Å². The lowest BCUT2D eigenvalue weighted by Crippen LogP contribution is -2.47. The molecule has 2 aromatic rings. The first-order chi connectivity index (χ1) is 10.3. The van der Waals surface area contributed by atoms with E-state index in [1.165, 1.54) is 24.3 Å². The lowest BCUT2D eigenvalue weighted by atomic mass is 9.88. The van der Waals surface area contributed by atoms with E-state index in [-0.39, 0.29) is 5.60 Å². The third-order valence-electron chi connectivity index (χ3n) is 4.71. The predicted molar refractivity (Wildman–Crippen MR) is 83.4 cm³/mol. The van der Waals surface area contributed by atoms with Crippen molar-refractivity contribution in [2.45, 2.75) is 37.5 Å². The first-order valence-corrected chi connectivity index (χ1v) is 8.57. The second-order valence-corrected chi connectivity index (χ2v) is 7.29. The van der Waals surface area contributed by atoms with Crippen molar-refractivity contribution in [2.24, 2.45) is 0 Å². The highest BCUT2D eigenvalue weighted by Crippen LogP contribution is 2.39. The maximum absolute atomic E-state index is 6.28. The van der Waals surface area contributed by atoms with Crippen LogP contribution in [0.3, 0.4) is 0 Å². The number of aromatic nitrogens is 2. The van der Waals surface area contributed by atoms with Gasteiger partial charge in [0.25, 0.3) is 0 Å². The van der Waals surface area contributed by atoms with E-state index in [4.69, 9.17) is 4.74 Å². The summed E-state index contributed by atoms with van der Waals surface area (Å²) in [7, 11) is 0. The maximum Gasteiger partial charge on any atom is 0.0949 e. The van der Waals surface area contributed by atoms with Crippen molar-refractivity contribution in [3.8, 4) is 0 Å². The van der Waals surface area contributed by atoms with E-state index < -0.39 is 0 Å². The molecule has 2 atom stereocenters. The number of likely N-dealkylation sites (tertiary alicyclic amines) is 1. The van der Waals surface area contributed by atoms with Gasteiger partial charge in [-0.15, -0.1) is 11.3 Å². The maximum atomic E-state index is 6.28. The summed E-state index contributed by atoms with van der Waals surface area (Å²) < 4.78 is 8.48. The Hall–Kier alpha value is -1.17. The molecule has 2 aliphatic rings. The summed E-state index contributed by atoms with van der Waals surface area (Å²) in [6, 6.07) is 4.82. The number of piperidine rings is 1. The molecule has 112 valence electrons. The Morgan fingerprint density at radius 3 is 3.29 bits per heavy atom. The average Bonchev–Trinajstić information content (AvgIpc) is 3.20. The van der Waals surface area contributed by atoms with E-state index in [0.717, 1.165) is 26.1 Å². The minimum atomic E-state index is 0.0600. The van der Waals surface area contributed by atoms with Gasteiger partial charge in [0.15, 0.2) is 0 Å². The SMILES string of the molecule is c1csc(CN2CCCC3(CC(n4ccnc4)CO3)C2)c1. The minimum Gasteiger partial charge on any atom is -0.371 e. The van der Waals surface area contributed by atoms with Gasteiger partial charge in [0.1, 0.15) is 0 Å². The fourth-order valence-electron chi connectivity index (χ4n) is 3.73. The summed E-state index contributed by atoms with van der Waals surface area (Å²) >= 11 is 1.85. The first-order valence-electron chi connectivity index (χ1n) is 7.69. The molecule has 4 heterocycles. The summed E-state index contributed by atoms with van der Waals surface area (Å²) in [5.41, 5.74) is 0.0600. The Kier molecular flexibility index (Phi) is 3.57. The van der Waals surface area contributed by atoms with E-state index in [1.807, 2.05) is 23.9 Å². The van der Waals surface area contributed by atoms with E-state index in [0.29, 0.717) is 6.04 Å². The fourth-order valence-corrected chi connectivity index (χ4v) is 4.48. The summed E-state index contributed by atoms with van der Waals surface area (Å²) in [6.07, 6.45) is 9.37. The quantitative estimate of drug-likeness (QED) is 0.873. The van der Waals surface area contributed by atoms with Gasteiger partial charge >= 0.3 is 0 Å². The molecule has 2 unspecified atom stereocenters. The molecule has 0 N–H and O–H groups in total. The number of thiophene rings is 1. The second kappa shape index (κ2) is 5.55. The standard InChI is InChI=1S/C16H21N3OS/c1-3-15(21-8-1)10-18-6-2-4-16(12-18)9-14(11-20-16)19-7-5-17-13-19/h1,3,5,7-8,13-14H,2,4,6,9-12H2. The third-order valence-corrected chi connectivity index (χ3v) is 5.58. The van der Waals surface area contributed by atoms with Crippen molar-refractivity contribution < 1.29 is 4.74 Å². The molecular weight excluding hydrogens is 282 g/mol. The molecule has 2 aliphatic heterocycles. The molecule has 2 saturated heterocycles. The van der Waals surface area contributed by atoms with E-state index >= 15 is 0 Å². The zero-order valence-electron chi connectivity index (χ0n) is 12.1. The van der Waals surface area contributed by atoms with Gasteiger partial charge in [0, 0.05) is 36.8 Å². The second-order valence-electron chi connectivity index (χ2n) is 6.26. The molecular formula is C16H21N3OS. The zero-order valence-corrected chi connectivity index (χ0v) is 13.0. The van der Waals surface area contributed by atoms with Crippen molar-refractivity contribution in [1.29, 1.82) is 0 Å². The molecule has 0 aliphatic carbocycles. The van der Waals surface area contributed by atoms with Crippen LogP contribution in [-0.2, 0) is 11.3 Å². The summed E-state index contributed by atoms with van der Waals surface area (Å²) in [4.78, 5) is 8.18. The summed E-state index contributed by atoms with van der Waals surface area (Å²) in [5.74, 6) is 0. The number of nitrogens with zero attached hydrogens (tertiary/aromatic N) is 3. The van der Waals surface area contributed by atoms with Crippen LogP contribution in [0, 0.1) is 0 Å². The van der Waals surface area contributed by atoms with Crippen LogP contribution < -0.4 is 0 Å². The molecule has 0 amide bonds. The van der Waals surface area contributed by atoms with Crippen molar-refractivity contribution >= 4 is 11.3 Å². The summed E-state index contributed by atoms with van der Waals surface area (Å²) in [6.45, 7) is 4.15. The highest BCUT2D eigenvalue weighted by atomic mass is 32.1. The first kappa shape index (κ1) is 13.5. The van der Waals surface area contributed by atoms with E-state index in [1.54, 1.807) is 0 Å². The van der Waals surface area contributed by atoms with Gasteiger partial charge in [-0.3, -0.25) is 4.90 Å². The average molecular weight is 303 g/mol. The van der Waals surface area contributed by atoms with Crippen LogP contribution in [0.1, 0.15) is 30.2 Å². The molecule has 1 spiro atoms. The Labute approximate surface area is 129 Å². The molecule has 0 saturated carbocycles. The normalized spacial score (nSPS) is 30.2. The minimum absolute atomic E-state index is 0.0600. The highest BCUT2D eigenvalue weighted by molar-refractivity contribution is 7.09. The lowest BCUT2D eigenvalue weighted by molar-refractivity contribution is -0.0532. The van der Waals surface area contributed by atoms with Crippen molar-refractivity contribution in [3.63, 3.8) is 0 Å². The lowest BCUT2D eigenvalue weighted by Gasteiger charge is -2.39. The largest absolute Gasteiger partial charge is 0.371 e. The van der Waals surface area contributed by atoms with E-state index in [9.17, 15) is 0 Å². The van der Waals surface area contributed by atoms with Crippen molar-refractivity contribution in [1.82, 2.24) is 14.5 Å². The number of hydrogen-bond acceptors (Lipinski definition) is 4. The Balaban J connectivity index is 1.43. The number of rotatable bonds is 3. The van der Waals surface area contributed by atoms with Crippen LogP contribution in [-0.4, -0.2) is 39.7 Å². The van der Waals surface area contributed by atoms with Gasteiger partial charge in [-0.25, -0.2) is 4.98 Å². The predicted octanol–water partition coefficient (Wildman–Crippen LogP) is 2.94. The van der Waals surface area contributed by atoms with Gasteiger partial charge in [-0.2, -0.15) is 0 Å². The summed E-state index contributed by atoms with van der Waals surface area (Å²) in [5, 5.41) is 2.16. The molecule has 4 rings (SSSR count). The Morgan fingerprint density at radius 1 is 1.48 bits per heavy atom. The highest BCUT2D eigenvalue weighted by Gasteiger charge is 2.43. The van der Waals surface area contributed by atoms with Gasteiger partial charge in [0.05, 0.1) is 24.6 Å². The van der Waals surface area contributed by atoms with Gasteiger partial charge in [-0.1, -0.05) is 6.07 Å². The van der Waals surface area contributed by atoms with Crippen LogP contribution in [0.2, 0.25) is 0 Å². The number of imidazole rings is 1. The Bertz CT molecular complexity index is 568. The number of ether oxygens (including phenoxy) is 1. The van der Waals surface area contributed by atoms with Crippen LogP contribution in [0.4, 0.5) is 0 Å². The zero-order chi connectivity index (χ0) is 14.1. The Morgan fingerprint density at radius 2 is 2.48 bits per heavy atom. The van der Waals surface area contributed by atoms with Crippen molar-refractivity contribution in [2.75, 3.05) is 19.7 Å². The number of hydrogen-bond donors (Lipinski definition) is 0. The van der Waals surface area contributed by atoms with Crippen LogP contribution in [0.15, 0.2) is 36.2 Å². The molecule has 0 radical (unpaired) electrons. The van der Waals surface area contributed by atoms with Crippen molar-refractivity contribution in [3.05, 3.63) is 41.1 Å².